The third-order valence-corrected chi connectivity index (χ3v) is 6.91. The van der Waals surface area contributed by atoms with Gasteiger partial charge in [0.15, 0.2) is 0 Å². The first kappa shape index (κ1) is 19.9. The van der Waals surface area contributed by atoms with E-state index in [9.17, 15) is 13.2 Å². The van der Waals surface area contributed by atoms with Gasteiger partial charge in [-0.1, -0.05) is 0 Å². The predicted molar refractivity (Wildman–Crippen MR) is 100 cm³/mol. The van der Waals surface area contributed by atoms with Crippen LogP contribution in [0.2, 0.25) is 0 Å². The van der Waals surface area contributed by atoms with E-state index in [0.717, 1.165) is 12.5 Å². The van der Waals surface area contributed by atoms with Crippen molar-refractivity contribution in [1.29, 1.82) is 0 Å². The first-order valence-corrected chi connectivity index (χ1v) is 10.6. The van der Waals surface area contributed by atoms with Gasteiger partial charge < -0.3 is 19.7 Å². The van der Waals surface area contributed by atoms with Crippen LogP contribution >= 0.6 is 0 Å². The van der Waals surface area contributed by atoms with Crippen LogP contribution in [-0.2, 0) is 14.8 Å². The molecule has 1 saturated carbocycles. The van der Waals surface area contributed by atoms with Crippen LogP contribution in [0.5, 0.6) is 11.5 Å². The number of hydrogen-bond donors (Lipinski definition) is 1. The number of nitrogens with one attached hydrogen (secondary N) is 1. The molecule has 150 valence electrons. The van der Waals surface area contributed by atoms with E-state index in [4.69, 9.17) is 9.47 Å². The maximum Gasteiger partial charge on any atom is 0.247 e. The van der Waals surface area contributed by atoms with Crippen LogP contribution in [0.25, 0.3) is 0 Å². The van der Waals surface area contributed by atoms with E-state index in [1.54, 1.807) is 17.0 Å². The lowest BCUT2D eigenvalue weighted by Gasteiger charge is -2.34. The van der Waals surface area contributed by atoms with Crippen LogP contribution in [0.4, 0.5) is 0 Å². The standard InChI is InChI=1S/C18H27N3O5S/c1-25-15-5-6-16(26-2)17(11-15)27(23,24)21-9-7-20(8-10-21)18(22)13-19-12-14-3-4-14/h5-6,11,14,19H,3-4,7-10,12-13H2,1-2H3. The monoisotopic (exact) mass is 397 g/mol. The molecule has 0 bridgehead atoms. The molecule has 1 aliphatic heterocycles. The molecule has 0 unspecified atom stereocenters. The average Bonchev–Trinajstić information content (AvgIpc) is 3.51. The Balaban J connectivity index is 1.61. The quantitative estimate of drug-likeness (QED) is 0.689. The number of sulfonamides is 1. The third kappa shape index (κ3) is 4.72. The summed E-state index contributed by atoms with van der Waals surface area (Å²) in [5, 5.41) is 3.19. The molecule has 1 aliphatic carbocycles. The largest absolute Gasteiger partial charge is 0.497 e. The summed E-state index contributed by atoms with van der Waals surface area (Å²) < 4.78 is 37.8. The van der Waals surface area contributed by atoms with Crippen LogP contribution in [0, 0.1) is 5.92 Å². The first-order valence-electron chi connectivity index (χ1n) is 9.16. The highest BCUT2D eigenvalue weighted by atomic mass is 32.2. The minimum absolute atomic E-state index is 0.0201. The van der Waals surface area contributed by atoms with Crippen molar-refractivity contribution in [3.8, 4) is 11.5 Å². The molecule has 1 aromatic rings. The number of benzene rings is 1. The van der Waals surface area contributed by atoms with Crippen molar-refractivity contribution in [2.24, 2.45) is 5.92 Å². The van der Waals surface area contributed by atoms with Crippen LogP contribution in [0.3, 0.4) is 0 Å². The molecule has 2 aliphatic rings. The molecule has 27 heavy (non-hydrogen) atoms. The normalized spacial score (nSPS) is 18.4. The number of amides is 1. The number of ether oxygens (including phenoxy) is 2. The SMILES string of the molecule is COc1ccc(OC)c(S(=O)(=O)N2CCN(C(=O)CNCC3CC3)CC2)c1. The number of piperazine rings is 1. The van der Waals surface area contributed by atoms with Gasteiger partial charge in [0.05, 0.1) is 20.8 Å². The van der Waals surface area contributed by atoms with Gasteiger partial charge in [-0.05, 0) is 37.4 Å². The van der Waals surface area contributed by atoms with Crippen molar-refractivity contribution in [2.75, 3.05) is 53.5 Å². The Bertz CT molecular complexity index is 771. The number of rotatable bonds is 8. The average molecular weight is 397 g/mol. The molecular formula is C18H27N3O5S. The molecule has 0 atom stereocenters. The molecule has 1 N–H and O–H groups in total. The van der Waals surface area contributed by atoms with E-state index in [0.29, 0.717) is 25.4 Å². The van der Waals surface area contributed by atoms with E-state index < -0.39 is 10.0 Å². The Hall–Kier alpha value is -1.84. The summed E-state index contributed by atoms with van der Waals surface area (Å²) in [7, 11) is -0.809. The van der Waals surface area contributed by atoms with Gasteiger partial charge in [0, 0.05) is 32.2 Å². The van der Waals surface area contributed by atoms with Gasteiger partial charge in [0.1, 0.15) is 16.4 Å². The van der Waals surface area contributed by atoms with E-state index in [1.165, 1.54) is 37.4 Å². The summed E-state index contributed by atoms with van der Waals surface area (Å²) in [5.74, 6) is 1.47. The number of carbonyl (C=O) groups excluding carboxylic acids is 1. The van der Waals surface area contributed by atoms with Gasteiger partial charge in [-0.2, -0.15) is 4.31 Å². The first-order chi connectivity index (χ1) is 13.0. The van der Waals surface area contributed by atoms with Gasteiger partial charge in [0.25, 0.3) is 0 Å². The minimum atomic E-state index is -3.73. The Morgan fingerprint density at radius 2 is 1.85 bits per heavy atom. The molecule has 9 heteroatoms. The topological polar surface area (TPSA) is 88.2 Å². The fourth-order valence-electron chi connectivity index (χ4n) is 3.12. The zero-order valence-corrected chi connectivity index (χ0v) is 16.6. The van der Waals surface area contributed by atoms with E-state index in [-0.39, 0.29) is 29.6 Å². The lowest BCUT2D eigenvalue weighted by molar-refractivity contribution is -0.131. The summed E-state index contributed by atoms with van der Waals surface area (Å²) >= 11 is 0. The fraction of sp³-hybridized carbons (Fsp3) is 0.611. The highest BCUT2D eigenvalue weighted by Gasteiger charge is 2.32. The zero-order chi connectivity index (χ0) is 19.4. The van der Waals surface area contributed by atoms with Crippen molar-refractivity contribution < 1.29 is 22.7 Å². The van der Waals surface area contributed by atoms with Crippen molar-refractivity contribution in [3.05, 3.63) is 18.2 Å². The lowest BCUT2D eigenvalue weighted by atomic mass is 10.3. The highest BCUT2D eigenvalue weighted by Crippen LogP contribution is 2.31. The molecule has 0 spiro atoms. The minimum Gasteiger partial charge on any atom is -0.497 e. The van der Waals surface area contributed by atoms with Crippen molar-refractivity contribution >= 4 is 15.9 Å². The molecule has 1 saturated heterocycles. The van der Waals surface area contributed by atoms with E-state index >= 15 is 0 Å². The number of nitrogens with zero attached hydrogens (tertiary/aromatic N) is 2. The summed E-state index contributed by atoms with van der Waals surface area (Å²) in [6, 6.07) is 4.70. The van der Waals surface area contributed by atoms with Gasteiger partial charge in [-0.3, -0.25) is 4.79 Å². The number of methoxy groups -OCH3 is 2. The van der Waals surface area contributed by atoms with Crippen LogP contribution < -0.4 is 14.8 Å². The van der Waals surface area contributed by atoms with Crippen molar-refractivity contribution in [2.45, 2.75) is 17.7 Å². The molecule has 1 heterocycles. The van der Waals surface area contributed by atoms with E-state index in [2.05, 4.69) is 5.32 Å². The molecule has 3 rings (SSSR count). The maximum absolute atomic E-state index is 13.0. The van der Waals surface area contributed by atoms with Crippen LogP contribution in [0.15, 0.2) is 23.1 Å². The van der Waals surface area contributed by atoms with Gasteiger partial charge in [0.2, 0.25) is 15.9 Å². The highest BCUT2D eigenvalue weighted by molar-refractivity contribution is 7.89. The second-order valence-corrected chi connectivity index (χ2v) is 8.78. The summed E-state index contributed by atoms with van der Waals surface area (Å²) in [6.45, 7) is 2.49. The van der Waals surface area contributed by atoms with E-state index in [1.807, 2.05) is 0 Å². The summed E-state index contributed by atoms with van der Waals surface area (Å²) in [4.78, 5) is 14.1. The molecule has 1 aromatic carbocycles. The molecule has 0 radical (unpaired) electrons. The molecule has 8 nitrogen and oxygen atoms in total. The Morgan fingerprint density at radius 3 is 2.44 bits per heavy atom. The van der Waals surface area contributed by atoms with Crippen molar-refractivity contribution in [1.82, 2.24) is 14.5 Å². The van der Waals surface area contributed by atoms with Gasteiger partial charge in [-0.25, -0.2) is 8.42 Å². The third-order valence-electron chi connectivity index (χ3n) is 4.99. The summed E-state index contributed by atoms with van der Waals surface area (Å²) in [5.41, 5.74) is 0. The number of carbonyl (C=O) groups is 1. The van der Waals surface area contributed by atoms with Crippen LogP contribution in [-0.4, -0.2) is 77.0 Å². The van der Waals surface area contributed by atoms with Gasteiger partial charge in [-0.15, -0.1) is 0 Å². The molecular weight excluding hydrogens is 370 g/mol. The number of hydrogen-bond acceptors (Lipinski definition) is 6. The molecule has 1 amide bonds. The fourth-order valence-corrected chi connectivity index (χ4v) is 4.71. The summed E-state index contributed by atoms with van der Waals surface area (Å²) in [6.07, 6.45) is 2.48. The second kappa shape index (κ2) is 8.45. The lowest BCUT2D eigenvalue weighted by Crippen LogP contribution is -2.52. The predicted octanol–water partition coefficient (Wildman–Crippen LogP) is 0.536. The molecule has 2 fully saturated rings. The second-order valence-electron chi connectivity index (χ2n) is 6.88. The smallest absolute Gasteiger partial charge is 0.247 e. The van der Waals surface area contributed by atoms with Gasteiger partial charge >= 0.3 is 0 Å². The Labute approximate surface area is 160 Å². The van der Waals surface area contributed by atoms with Crippen LogP contribution in [0.1, 0.15) is 12.8 Å². The Kier molecular flexibility index (Phi) is 6.23. The zero-order valence-electron chi connectivity index (χ0n) is 15.8. The Morgan fingerprint density at radius 1 is 1.15 bits per heavy atom. The molecule has 0 aromatic heterocycles. The van der Waals surface area contributed by atoms with Crippen molar-refractivity contribution in [3.63, 3.8) is 0 Å². The maximum atomic E-state index is 13.0.